The Morgan fingerprint density at radius 2 is 2.07 bits per heavy atom. The molecule has 1 atom stereocenters. The van der Waals surface area contributed by atoms with E-state index in [1.165, 1.54) is 0 Å². The van der Waals surface area contributed by atoms with Crippen LogP contribution in [-0.4, -0.2) is 40.8 Å². The predicted octanol–water partition coefficient (Wildman–Crippen LogP) is -0.990. The molecule has 0 radical (unpaired) electrons. The second-order valence-electron chi connectivity index (χ2n) is 3.20. The van der Waals surface area contributed by atoms with E-state index in [-0.39, 0.29) is 30.9 Å². The Morgan fingerprint density at radius 3 is 2.43 bits per heavy atom. The highest BCUT2D eigenvalue weighted by Crippen LogP contribution is 2.06. The number of hydrogen-bond donors (Lipinski definition) is 2. The van der Waals surface area contributed by atoms with Gasteiger partial charge < -0.3 is 5.73 Å². The number of imide groups is 1. The monoisotopic (exact) mass is 215 g/mol. The lowest BCUT2D eigenvalue weighted by Gasteiger charge is -2.31. The third-order valence-corrected chi connectivity index (χ3v) is 2.40. The van der Waals surface area contributed by atoms with Crippen LogP contribution in [-0.2, 0) is 9.59 Å². The number of nitrogens with two attached hydrogens (primary N) is 1. The van der Waals surface area contributed by atoms with E-state index in [9.17, 15) is 9.59 Å². The summed E-state index contributed by atoms with van der Waals surface area (Å²) in [5, 5.41) is 2.22. The van der Waals surface area contributed by atoms with Crippen molar-refractivity contribution in [2.24, 2.45) is 5.73 Å². The van der Waals surface area contributed by atoms with Gasteiger partial charge in [0.05, 0.1) is 24.1 Å². The molecule has 0 bridgehead atoms. The van der Waals surface area contributed by atoms with Crippen LogP contribution in [0.15, 0.2) is 0 Å². The number of carbonyl (C=O) groups is 2. The fourth-order valence-electron chi connectivity index (χ4n) is 1.52. The van der Waals surface area contributed by atoms with E-state index in [4.69, 9.17) is 18.0 Å². The Hall–Kier alpha value is -1.01. The van der Waals surface area contributed by atoms with Crippen LogP contribution in [0.2, 0.25) is 0 Å². The van der Waals surface area contributed by atoms with Crippen LogP contribution < -0.4 is 11.1 Å². The van der Waals surface area contributed by atoms with E-state index < -0.39 is 0 Å². The van der Waals surface area contributed by atoms with E-state index in [2.05, 4.69) is 5.32 Å². The maximum absolute atomic E-state index is 11.1. The summed E-state index contributed by atoms with van der Waals surface area (Å²) in [5.41, 5.74) is 5.52. The van der Waals surface area contributed by atoms with E-state index in [1.807, 2.05) is 6.92 Å². The van der Waals surface area contributed by atoms with Crippen molar-refractivity contribution >= 4 is 29.0 Å². The summed E-state index contributed by atoms with van der Waals surface area (Å²) >= 11 is 4.87. The van der Waals surface area contributed by atoms with E-state index in [0.717, 1.165) is 0 Å². The van der Waals surface area contributed by atoms with Crippen molar-refractivity contribution < 1.29 is 9.59 Å². The largest absolute Gasteiger partial charge is 0.392 e. The van der Waals surface area contributed by atoms with Crippen LogP contribution in [0.4, 0.5) is 0 Å². The van der Waals surface area contributed by atoms with Crippen molar-refractivity contribution in [2.45, 2.75) is 19.4 Å². The fraction of sp³-hybridized carbons (Fsp3) is 0.625. The third-order valence-electron chi connectivity index (χ3n) is 2.13. The number of carbonyl (C=O) groups excluding carboxylic acids is 2. The van der Waals surface area contributed by atoms with E-state index >= 15 is 0 Å². The smallest absolute Gasteiger partial charge is 0.240 e. The van der Waals surface area contributed by atoms with Gasteiger partial charge in [-0.15, -0.1) is 0 Å². The second-order valence-corrected chi connectivity index (χ2v) is 3.67. The van der Waals surface area contributed by atoms with Crippen molar-refractivity contribution in [3.8, 4) is 0 Å². The lowest BCUT2D eigenvalue weighted by molar-refractivity contribution is -0.136. The average Bonchev–Trinajstić information content (AvgIpc) is 2.02. The van der Waals surface area contributed by atoms with Gasteiger partial charge in [-0.1, -0.05) is 19.1 Å². The van der Waals surface area contributed by atoms with Gasteiger partial charge in [0, 0.05) is 0 Å². The van der Waals surface area contributed by atoms with E-state index in [0.29, 0.717) is 11.4 Å². The van der Waals surface area contributed by atoms with Gasteiger partial charge in [-0.05, 0) is 6.42 Å². The van der Waals surface area contributed by atoms with Crippen molar-refractivity contribution in [3.63, 3.8) is 0 Å². The number of piperazine rings is 1. The maximum Gasteiger partial charge on any atom is 0.240 e. The van der Waals surface area contributed by atoms with E-state index in [1.54, 1.807) is 4.90 Å². The Balaban J connectivity index is 2.70. The number of rotatable bonds is 3. The topological polar surface area (TPSA) is 75.4 Å². The van der Waals surface area contributed by atoms with Gasteiger partial charge in [-0.25, -0.2) is 0 Å². The molecule has 0 aromatic heterocycles. The molecular formula is C8H13N3O2S. The molecule has 0 aromatic rings. The zero-order valence-electron chi connectivity index (χ0n) is 7.95. The predicted molar refractivity (Wildman–Crippen MR) is 55.6 cm³/mol. The molecule has 0 aliphatic carbocycles. The lowest BCUT2D eigenvalue weighted by Crippen LogP contribution is -2.57. The first kappa shape index (κ1) is 11.1. The highest BCUT2D eigenvalue weighted by Gasteiger charge is 2.28. The van der Waals surface area contributed by atoms with Gasteiger partial charge in [0.2, 0.25) is 11.8 Å². The number of hydrogen-bond acceptors (Lipinski definition) is 4. The SMILES string of the molecule is CCC(C(N)=S)N1CC(=O)NC(=O)C1. The van der Waals surface area contributed by atoms with Gasteiger partial charge >= 0.3 is 0 Å². The molecule has 5 nitrogen and oxygen atoms in total. The molecule has 0 spiro atoms. The van der Waals surface area contributed by atoms with Crippen molar-refractivity contribution in [3.05, 3.63) is 0 Å². The molecule has 0 aromatic carbocycles. The summed E-state index contributed by atoms with van der Waals surface area (Å²) in [6.07, 6.45) is 0.704. The summed E-state index contributed by atoms with van der Waals surface area (Å²) < 4.78 is 0. The highest BCUT2D eigenvalue weighted by atomic mass is 32.1. The molecule has 3 N–H and O–H groups in total. The lowest BCUT2D eigenvalue weighted by atomic mass is 10.1. The molecule has 2 amide bonds. The number of nitrogens with zero attached hydrogens (tertiary/aromatic N) is 1. The summed E-state index contributed by atoms with van der Waals surface area (Å²) in [4.78, 5) is 24.2. The minimum Gasteiger partial charge on any atom is -0.392 e. The summed E-state index contributed by atoms with van der Waals surface area (Å²) in [6.45, 7) is 2.28. The van der Waals surface area contributed by atoms with Gasteiger partial charge in [-0.2, -0.15) is 0 Å². The first-order valence-electron chi connectivity index (χ1n) is 4.40. The minimum absolute atomic E-state index is 0.167. The fourth-order valence-corrected chi connectivity index (χ4v) is 1.83. The molecule has 6 heteroatoms. The molecule has 1 unspecified atom stereocenters. The molecule has 1 fully saturated rings. The molecule has 1 saturated heterocycles. The Bertz CT molecular complexity index is 264. The quantitative estimate of drug-likeness (QED) is 0.467. The molecular weight excluding hydrogens is 202 g/mol. The average molecular weight is 215 g/mol. The Kier molecular flexibility index (Phi) is 3.54. The van der Waals surface area contributed by atoms with Gasteiger partial charge in [0.25, 0.3) is 0 Å². The number of thiocarbonyl (C=S) groups is 1. The highest BCUT2D eigenvalue weighted by molar-refractivity contribution is 7.80. The zero-order valence-corrected chi connectivity index (χ0v) is 8.76. The minimum atomic E-state index is -0.295. The summed E-state index contributed by atoms with van der Waals surface area (Å²) in [7, 11) is 0. The van der Waals surface area contributed by atoms with Crippen LogP contribution in [0.5, 0.6) is 0 Å². The molecule has 78 valence electrons. The Labute approximate surface area is 87.6 Å². The van der Waals surface area contributed by atoms with Gasteiger partial charge in [-0.3, -0.25) is 19.8 Å². The summed E-state index contributed by atoms with van der Waals surface area (Å²) in [5.74, 6) is -0.591. The molecule has 1 aliphatic rings. The van der Waals surface area contributed by atoms with Crippen LogP contribution in [0.1, 0.15) is 13.3 Å². The van der Waals surface area contributed by atoms with Crippen LogP contribution in [0.3, 0.4) is 0 Å². The zero-order chi connectivity index (χ0) is 10.7. The first-order chi connectivity index (χ1) is 6.54. The number of amides is 2. The second kappa shape index (κ2) is 4.47. The molecule has 1 heterocycles. The van der Waals surface area contributed by atoms with Crippen LogP contribution in [0, 0.1) is 0 Å². The van der Waals surface area contributed by atoms with Gasteiger partial charge in [0.15, 0.2) is 0 Å². The number of nitrogens with one attached hydrogen (secondary N) is 1. The van der Waals surface area contributed by atoms with Gasteiger partial charge in [0.1, 0.15) is 0 Å². The molecule has 0 saturated carbocycles. The molecule has 1 rings (SSSR count). The van der Waals surface area contributed by atoms with Crippen molar-refractivity contribution in [1.82, 2.24) is 10.2 Å². The van der Waals surface area contributed by atoms with Crippen LogP contribution in [0.25, 0.3) is 0 Å². The van der Waals surface area contributed by atoms with Crippen molar-refractivity contribution in [1.29, 1.82) is 0 Å². The normalized spacial score (nSPS) is 20.4. The molecule has 14 heavy (non-hydrogen) atoms. The summed E-state index contributed by atoms with van der Waals surface area (Å²) in [6, 6.07) is -0.167. The molecule has 1 aliphatic heterocycles. The van der Waals surface area contributed by atoms with Crippen LogP contribution >= 0.6 is 12.2 Å². The standard InChI is InChI=1S/C8H13N3O2S/c1-2-5(8(9)14)11-3-6(12)10-7(13)4-11/h5H,2-4H2,1H3,(H2,9,14)(H,10,12,13). The first-order valence-corrected chi connectivity index (χ1v) is 4.81. The maximum atomic E-state index is 11.1. The van der Waals surface area contributed by atoms with Crippen molar-refractivity contribution in [2.75, 3.05) is 13.1 Å². The Morgan fingerprint density at radius 1 is 1.57 bits per heavy atom. The third kappa shape index (κ3) is 2.49.